The predicted octanol–water partition coefficient (Wildman–Crippen LogP) is 4.70. The Labute approximate surface area is 172 Å². The molecule has 0 fully saturated rings. The van der Waals surface area contributed by atoms with Crippen LogP contribution in [0.15, 0.2) is 82.2 Å². The topological polar surface area (TPSA) is 75.0 Å². The van der Waals surface area contributed by atoms with Crippen LogP contribution >= 0.6 is 0 Å². The molecule has 0 aliphatic heterocycles. The minimum atomic E-state index is -0.571. The molecule has 150 valence electrons. The van der Waals surface area contributed by atoms with Crippen LogP contribution in [0.4, 0.5) is 0 Å². The summed E-state index contributed by atoms with van der Waals surface area (Å²) < 4.78 is 21.5. The van der Waals surface area contributed by atoms with E-state index in [-0.39, 0.29) is 11.2 Å². The highest BCUT2D eigenvalue weighted by molar-refractivity contribution is 5.92. The Balaban J connectivity index is 1.63. The van der Waals surface area contributed by atoms with Crippen molar-refractivity contribution in [2.45, 2.75) is 0 Å². The number of rotatable bonds is 5. The molecule has 0 bridgehead atoms. The van der Waals surface area contributed by atoms with Gasteiger partial charge in [-0.25, -0.2) is 4.79 Å². The highest BCUT2D eigenvalue weighted by atomic mass is 16.5. The van der Waals surface area contributed by atoms with Crippen molar-refractivity contribution in [1.29, 1.82) is 0 Å². The fraction of sp³-hybridized carbons (Fsp3) is 0.0833. The summed E-state index contributed by atoms with van der Waals surface area (Å²) in [5.41, 5.74) is 1.72. The number of benzene rings is 3. The maximum absolute atomic E-state index is 12.8. The number of hydrogen-bond donors (Lipinski definition) is 0. The first-order valence-corrected chi connectivity index (χ1v) is 9.16. The SMILES string of the molecule is COc1ccc(C(=O)Oc2ccc3c(=O)c(-c4ccccc4)coc3c2)cc1OC. The lowest BCUT2D eigenvalue weighted by Gasteiger charge is -2.10. The van der Waals surface area contributed by atoms with E-state index >= 15 is 0 Å². The van der Waals surface area contributed by atoms with Gasteiger partial charge in [-0.15, -0.1) is 0 Å². The molecule has 0 amide bonds. The van der Waals surface area contributed by atoms with E-state index in [0.29, 0.717) is 33.6 Å². The number of methoxy groups -OCH3 is 2. The van der Waals surface area contributed by atoms with E-state index in [9.17, 15) is 9.59 Å². The van der Waals surface area contributed by atoms with Crippen molar-refractivity contribution >= 4 is 16.9 Å². The van der Waals surface area contributed by atoms with Crippen molar-refractivity contribution in [3.8, 4) is 28.4 Å². The van der Waals surface area contributed by atoms with Gasteiger partial charge in [0.25, 0.3) is 0 Å². The summed E-state index contributed by atoms with van der Waals surface area (Å²) in [6, 6.07) is 18.7. The second-order valence-electron chi connectivity index (χ2n) is 6.46. The van der Waals surface area contributed by atoms with E-state index in [2.05, 4.69) is 0 Å². The Morgan fingerprint density at radius 2 is 1.63 bits per heavy atom. The van der Waals surface area contributed by atoms with Crippen molar-refractivity contribution in [1.82, 2.24) is 0 Å². The number of fused-ring (bicyclic) bond motifs is 1. The van der Waals surface area contributed by atoms with Crippen LogP contribution in [-0.2, 0) is 0 Å². The van der Waals surface area contributed by atoms with Crippen LogP contribution < -0.4 is 19.6 Å². The van der Waals surface area contributed by atoms with Crippen molar-refractivity contribution in [2.75, 3.05) is 14.2 Å². The summed E-state index contributed by atoms with van der Waals surface area (Å²) in [5.74, 6) is 0.622. The minimum absolute atomic E-state index is 0.153. The third-order valence-electron chi connectivity index (χ3n) is 4.66. The molecule has 4 aromatic rings. The first-order valence-electron chi connectivity index (χ1n) is 9.16. The van der Waals surface area contributed by atoms with Crippen molar-refractivity contribution in [2.24, 2.45) is 0 Å². The molecule has 0 unspecified atom stereocenters. The van der Waals surface area contributed by atoms with E-state index in [1.807, 2.05) is 30.3 Å². The van der Waals surface area contributed by atoms with Crippen LogP contribution in [0.25, 0.3) is 22.1 Å². The Bertz CT molecular complexity index is 1270. The summed E-state index contributed by atoms with van der Waals surface area (Å²) in [6.45, 7) is 0. The molecule has 0 radical (unpaired) electrons. The molecule has 0 saturated carbocycles. The van der Waals surface area contributed by atoms with Crippen LogP contribution in [0.5, 0.6) is 17.2 Å². The van der Waals surface area contributed by atoms with Crippen LogP contribution in [0.3, 0.4) is 0 Å². The molecule has 30 heavy (non-hydrogen) atoms. The van der Waals surface area contributed by atoms with Crippen LogP contribution in [-0.4, -0.2) is 20.2 Å². The molecular formula is C24H18O6. The first kappa shape index (κ1) is 19.3. The summed E-state index contributed by atoms with van der Waals surface area (Å²) in [4.78, 5) is 25.3. The molecule has 0 N–H and O–H groups in total. The van der Waals surface area contributed by atoms with Crippen LogP contribution in [0.1, 0.15) is 10.4 Å². The summed E-state index contributed by atoms with van der Waals surface area (Å²) in [6.07, 6.45) is 1.42. The first-order chi connectivity index (χ1) is 14.6. The van der Waals surface area contributed by atoms with Gasteiger partial charge in [0.05, 0.1) is 30.7 Å². The normalized spacial score (nSPS) is 10.6. The highest BCUT2D eigenvalue weighted by Crippen LogP contribution is 2.28. The Hall–Kier alpha value is -4.06. The smallest absolute Gasteiger partial charge is 0.343 e. The molecule has 0 saturated heterocycles. The lowest BCUT2D eigenvalue weighted by atomic mass is 10.1. The van der Waals surface area contributed by atoms with E-state index in [0.717, 1.165) is 5.56 Å². The van der Waals surface area contributed by atoms with Gasteiger partial charge in [0.15, 0.2) is 16.9 Å². The van der Waals surface area contributed by atoms with Crippen molar-refractivity contribution < 1.29 is 23.4 Å². The Kier molecular flexibility index (Phi) is 5.22. The number of ether oxygens (including phenoxy) is 3. The van der Waals surface area contributed by atoms with Gasteiger partial charge in [-0.1, -0.05) is 30.3 Å². The third-order valence-corrected chi connectivity index (χ3v) is 4.66. The molecule has 4 rings (SSSR count). The number of esters is 1. The number of carbonyl (C=O) groups excluding carboxylic acids is 1. The molecule has 6 nitrogen and oxygen atoms in total. The van der Waals surface area contributed by atoms with Gasteiger partial charge in [0, 0.05) is 6.07 Å². The number of carbonyl (C=O) groups is 1. The fourth-order valence-corrected chi connectivity index (χ4v) is 3.12. The molecule has 0 atom stereocenters. The second kappa shape index (κ2) is 8.13. The average molecular weight is 402 g/mol. The van der Waals surface area contributed by atoms with Gasteiger partial charge in [0.1, 0.15) is 17.6 Å². The molecule has 0 aliphatic carbocycles. The Morgan fingerprint density at radius 3 is 2.37 bits per heavy atom. The lowest BCUT2D eigenvalue weighted by Crippen LogP contribution is -2.09. The minimum Gasteiger partial charge on any atom is -0.493 e. The van der Waals surface area contributed by atoms with E-state index in [1.54, 1.807) is 24.3 Å². The molecule has 6 heteroatoms. The standard InChI is InChI=1S/C24H18O6/c1-27-20-11-8-16(12-22(20)28-2)24(26)30-17-9-10-18-21(13-17)29-14-19(23(18)25)15-6-4-3-5-7-15/h3-14H,1-2H3. The molecule has 0 spiro atoms. The summed E-state index contributed by atoms with van der Waals surface area (Å²) in [5, 5.41) is 0.405. The largest absolute Gasteiger partial charge is 0.493 e. The van der Waals surface area contributed by atoms with Gasteiger partial charge in [0.2, 0.25) is 0 Å². The number of hydrogen-bond acceptors (Lipinski definition) is 6. The summed E-state index contributed by atoms with van der Waals surface area (Å²) in [7, 11) is 3.00. The molecule has 3 aromatic carbocycles. The van der Waals surface area contributed by atoms with Gasteiger partial charge >= 0.3 is 5.97 Å². The highest BCUT2D eigenvalue weighted by Gasteiger charge is 2.15. The predicted molar refractivity (Wildman–Crippen MR) is 112 cm³/mol. The lowest BCUT2D eigenvalue weighted by molar-refractivity contribution is 0.0734. The monoisotopic (exact) mass is 402 g/mol. The molecule has 1 heterocycles. The summed E-state index contributed by atoms with van der Waals surface area (Å²) >= 11 is 0. The molecular weight excluding hydrogens is 384 g/mol. The van der Waals surface area contributed by atoms with Crippen LogP contribution in [0.2, 0.25) is 0 Å². The van der Waals surface area contributed by atoms with E-state index in [1.165, 1.54) is 32.6 Å². The average Bonchev–Trinajstić information content (AvgIpc) is 2.79. The second-order valence-corrected chi connectivity index (χ2v) is 6.46. The zero-order valence-electron chi connectivity index (χ0n) is 16.4. The van der Waals surface area contributed by atoms with Gasteiger partial charge < -0.3 is 18.6 Å². The van der Waals surface area contributed by atoms with E-state index in [4.69, 9.17) is 18.6 Å². The Morgan fingerprint density at radius 1 is 0.867 bits per heavy atom. The van der Waals surface area contributed by atoms with E-state index < -0.39 is 5.97 Å². The van der Waals surface area contributed by atoms with Gasteiger partial charge in [-0.2, -0.15) is 0 Å². The molecule has 1 aromatic heterocycles. The van der Waals surface area contributed by atoms with Crippen LogP contribution in [0, 0.1) is 0 Å². The zero-order valence-corrected chi connectivity index (χ0v) is 16.4. The molecule has 0 aliphatic rings. The quantitative estimate of drug-likeness (QED) is 0.356. The zero-order chi connectivity index (χ0) is 21.1. The van der Waals surface area contributed by atoms with Gasteiger partial charge in [-0.05, 0) is 35.9 Å². The maximum Gasteiger partial charge on any atom is 0.343 e. The fourth-order valence-electron chi connectivity index (χ4n) is 3.12. The third kappa shape index (κ3) is 3.63. The van der Waals surface area contributed by atoms with Gasteiger partial charge in [-0.3, -0.25) is 4.79 Å². The van der Waals surface area contributed by atoms with Crippen molar-refractivity contribution in [3.05, 3.63) is 88.8 Å². The maximum atomic E-state index is 12.8. The van der Waals surface area contributed by atoms with Crippen molar-refractivity contribution in [3.63, 3.8) is 0 Å².